The van der Waals surface area contributed by atoms with Crippen LogP contribution in [0.3, 0.4) is 0 Å². The average molecular weight is 468 g/mol. The molecule has 2 aromatic heterocycles. The zero-order valence-corrected chi connectivity index (χ0v) is 20.8. The number of hydrogen-bond acceptors (Lipinski definition) is 3. The van der Waals surface area contributed by atoms with E-state index in [1.165, 1.54) is 50.1 Å². The molecule has 4 nitrogen and oxygen atoms in total. The lowest BCUT2D eigenvalue weighted by Crippen LogP contribution is -2.04. The molecule has 2 unspecified atom stereocenters. The van der Waals surface area contributed by atoms with Gasteiger partial charge in [0.2, 0.25) is 0 Å². The SMILES string of the molecule is Cc1cc(C)c(-c2nc3ccc(C)cc3c3nc4cc5c(cc4n23)C2OC5c3ccccc32)c(C)c1. The van der Waals surface area contributed by atoms with E-state index in [2.05, 4.69) is 98.8 Å². The van der Waals surface area contributed by atoms with E-state index >= 15 is 0 Å². The highest BCUT2D eigenvalue weighted by molar-refractivity contribution is 5.99. The smallest absolute Gasteiger partial charge is 0.149 e. The zero-order chi connectivity index (χ0) is 24.3. The van der Waals surface area contributed by atoms with Crippen LogP contribution >= 0.6 is 0 Å². The van der Waals surface area contributed by atoms with Gasteiger partial charge in [-0.2, -0.15) is 0 Å². The Hall–Kier alpha value is -4.02. The number of fused-ring (bicyclic) bond motifs is 13. The molecule has 4 heterocycles. The number of aromatic nitrogens is 3. The topological polar surface area (TPSA) is 39.4 Å². The van der Waals surface area contributed by atoms with Gasteiger partial charge in [-0.3, -0.25) is 4.40 Å². The Bertz CT molecular complexity index is 1910. The van der Waals surface area contributed by atoms with E-state index in [9.17, 15) is 0 Å². The molecule has 2 bridgehead atoms. The van der Waals surface area contributed by atoms with Crippen molar-refractivity contribution in [3.05, 3.63) is 111 Å². The van der Waals surface area contributed by atoms with Crippen LogP contribution in [-0.4, -0.2) is 14.4 Å². The third kappa shape index (κ3) is 2.52. The Morgan fingerprint density at radius 3 is 2.08 bits per heavy atom. The van der Waals surface area contributed by atoms with Crippen LogP contribution < -0.4 is 0 Å². The van der Waals surface area contributed by atoms with Crippen LogP contribution in [0.15, 0.2) is 66.7 Å². The summed E-state index contributed by atoms with van der Waals surface area (Å²) in [6.07, 6.45) is -0.0216. The maximum Gasteiger partial charge on any atom is 0.149 e. The number of rotatable bonds is 1. The van der Waals surface area contributed by atoms with Crippen LogP contribution in [-0.2, 0) is 4.74 Å². The van der Waals surface area contributed by atoms with Gasteiger partial charge in [0, 0.05) is 10.9 Å². The normalized spacial score (nSPS) is 17.9. The second-order valence-corrected chi connectivity index (χ2v) is 10.5. The van der Waals surface area contributed by atoms with Crippen LogP contribution in [0.2, 0.25) is 0 Å². The highest BCUT2D eigenvalue weighted by atomic mass is 16.5. The second-order valence-electron chi connectivity index (χ2n) is 10.5. The molecule has 0 saturated carbocycles. The summed E-state index contributed by atoms with van der Waals surface area (Å²) < 4.78 is 8.74. The molecule has 0 spiro atoms. The highest BCUT2D eigenvalue weighted by Gasteiger charge is 2.43. The molecule has 2 aliphatic rings. The lowest BCUT2D eigenvalue weighted by atomic mass is 9.86. The van der Waals surface area contributed by atoms with E-state index in [4.69, 9.17) is 14.7 Å². The van der Waals surface area contributed by atoms with E-state index in [0.717, 1.165) is 33.4 Å². The van der Waals surface area contributed by atoms with Crippen molar-refractivity contribution in [1.29, 1.82) is 0 Å². The third-order valence-corrected chi connectivity index (χ3v) is 7.99. The van der Waals surface area contributed by atoms with Crippen molar-refractivity contribution in [2.75, 3.05) is 0 Å². The largest absolute Gasteiger partial charge is 0.356 e. The third-order valence-electron chi connectivity index (χ3n) is 7.99. The minimum atomic E-state index is -0.0156. The maximum absolute atomic E-state index is 6.47. The van der Waals surface area contributed by atoms with Gasteiger partial charge < -0.3 is 4.74 Å². The fraction of sp³-hybridized carbons (Fsp3) is 0.188. The predicted octanol–water partition coefficient (Wildman–Crippen LogP) is 7.46. The first kappa shape index (κ1) is 20.2. The summed E-state index contributed by atoms with van der Waals surface area (Å²) in [5.74, 6) is 0.947. The Labute approximate surface area is 209 Å². The summed E-state index contributed by atoms with van der Waals surface area (Å²) in [7, 11) is 0. The van der Waals surface area contributed by atoms with Gasteiger partial charge in [-0.15, -0.1) is 0 Å². The average Bonchev–Trinajstić information content (AvgIpc) is 3.53. The fourth-order valence-electron chi connectivity index (χ4n) is 6.55. The second kappa shape index (κ2) is 6.80. The molecular weight excluding hydrogens is 442 g/mol. The van der Waals surface area contributed by atoms with Crippen molar-refractivity contribution in [3.8, 4) is 11.4 Å². The molecule has 4 heteroatoms. The van der Waals surface area contributed by atoms with Gasteiger partial charge in [0.1, 0.15) is 23.7 Å². The standard InChI is InChI=1S/C32H25N3O/c1-16-9-10-25-24(13-16)31-34-26-14-22-23(30-21-8-6-5-7-20(21)29(22)36-30)15-27(26)35(31)32(33-25)28-18(3)11-17(2)12-19(28)4/h5-15,29-30H,1-4H3. The van der Waals surface area contributed by atoms with Gasteiger partial charge in [0.15, 0.2) is 0 Å². The van der Waals surface area contributed by atoms with Crippen LogP contribution in [0, 0.1) is 27.7 Å². The lowest BCUT2D eigenvalue weighted by Gasteiger charge is -2.17. The van der Waals surface area contributed by atoms with Crippen molar-refractivity contribution in [3.63, 3.8) is 0 Å². The monoisotopic (exact) mass is 467 g/mol. The molecule has 2 atom stereocenters. The van der Waals surface area contributed by atoms with Crippen LogP contribution in [0.5, 0.6) is 0 Å². The van der Waals surface area contributed by atoms with Crippen LogP contribution in [0.4, 0.5) is 0 Å². The minimum absolute atomic E-state index is 0.00594. The number of benzene rings is 4. The quantitative estimate of drug-likeness (QED) is 0.252. The molecule has 4 aromatic carbocycles. The molecular formula is C32H25N3O. The molecule has 0 amide bonds. The Kier molecular flexibility index (Phi) is 3.82. The zero-order valence-electron chi connectivity index (χ0n) is 20.8. The first-order valence-electron chi connectivity index (χ1n) is 12.6. The highest BCUT2D eigenvalue weighted by Crippen LogP contribution is 2.54. The molecule has 174 valence electrons. The van der Waals surface area contributed by atoms with E-state index in [0.29, 0.717) is 0 Å². The first-order valence-corrected chi connectivity index (χ1v) is 12.6. The van der Waals surface area contributed by atoms with Gasteiger partial charge in [-0.05, 0) is 85.3 Å². The summed E-state index contributed by atoms with van der Waals surface area (Å²) in [6.45, 7) is 8.64. The van der Waals surface area contributed by atoms with E-state index < -0.39 is 0 Å². The van der Waals surface area contributed by atoms with Gasteiger partial charge in [0.05, 0.1) is 16.6 Å². The fourth-order valence-corrected chi connectivity index (χ4v) is 6.55. The summed E-state index contributed by atoms with van der Waals surface area (Å²) >= 11 is 0. The number of imidazole rings is 1. The van der Waals surface area contributed by atoms with Crippen molar-refractivity contribution in [1.82, 2.24) is 14.4 Å². The summed E-state index contributed by atoms with van der Waals surface area (Å²) in [5, 5.41) is 1.08. The number of ether oxygens (including phenoxy) is 1. The van der Waals surface area contributed by atoms with Crippen LogP contribution in [0.1, 0.15) is 56.7 Å². The molecule has 2 aliphatic heterocycles. The minimum Gasteiger partial charge on any atom is -0.356 e. The lowest BCUT2D eigenvalue weighted by molar-refractivity contribution is 0.0858. The molecule has 8 rings (SSSR count). The van der Waals surface area contributed by atoms with Gasteiger partial charge in [-0.1, -0.05) is 53.6 Å². The van der Waals surface area contributed by atoms with Gasteiger partial charge in [0.25, 0.3) is 0 Å². The van der Waals surface area contributed by atoms with Crippen molar-refractivity contribution in [2.45, 2.75) is 39.9 Å². The van der Waals surface area contributed by atoms with Crippen molar-refractivity contribution in [2.24, 2.45) is 0 Å². The summed E-state index contributed by atoms with van der Waals surface area (Å²) in [4.78, 5) is 10.5. The van der Waals surface area contributed by atoms with Crippen LogP contribution in [0.25, 0.3) is 39.0 Å². The summed E-state index contributed by atoms with van der Waals surface area (Å²) in [6, 6.07) is 24.1. The van der Waals surface area contributed by atoms with E-state index in [1.807, 2.05) is 0 Å². The maximum atomic E-state index is 6.47. The van der Waals surface area contributed by atoms with E-state index in [1.54, 1.807) is 0 Å². The van der Waals surface area contributed by atoms with Gasteiger partial charge >= 0.3 is 0 Å². The number of hydrogen-bond donors (Lipinski definition) is 0. The Morgan fingerprint density at radius 2 is 1.36 bits per heavy atom. The molecule has 6 aromatic rings. The number of nitrogens with zero attached hydrogens (tertiary/aromatic N) is 3. The molecule has 0 aliphatic carbocycles. The molecule has 36 heavy (non-hydrogen) atoms. The van der Waals surface area contributed by atoms with Crippen molar-refractivity contribution >= 4 is 27.6 Å². The molecule has 0 N–H and O–H groups in total. The Morgan fingerprint density at radius 1 is 0.667 bits per heavy atom. The van der Waals surface area contributed by atoms with Gasteiger partial charge in [-0.25, -0.2) is 9.97 Å². The Balaban J connectivity index is 1.51. The predicted molar refractivity (Wildman–Crippen MR) is 144 cm³/mol. The van der Waals surface area contributed by atoms with E-state index in [-0.39, 0.29) is 12.2 Å². The summed E-state index contributed by atoms with van der Waals surface area (Å²) in [5.41, 5.74) is 15.2. The first-order chi connectivity index (χ1) is 17.5. The molecule has 0 saturated heterocycles. The van der Waals surface area contributed by atoms with Crippen molar-refractivity contribution < 1.29 is 4.74 Å². The molecule has 0 radical (unpaired) electrons. The number of aryl methyl sites for hydroxylation is 4. The molecule has 0 fully saturated rings.